The highest BCUT2D eigenvalue weighted by atomic mass is 19.4. The van der Waals surface area contributed by atoms with E-state index >= 15 is 0 Å². The van der Waals surface area contributed by atoms with Gasteiger partial charge in [-0.05, 0) is 18.2 Å². The highest BCUT2D eigenvalue weighted by molar-refractivity contribution is 5.65. The number of pyridine rings is 1. The number of rotatable bonds is 1. The largest absolute Gasteiger partial charge is 0.433 e. The maximum absolute atomic E-state index is 12.6. The van der Waals surface area contributed by atoms with E-state index in [0.717, 1.165) is 12.3 Å². The van der Waals surface area contributed by atoms with Gasteiger partial charge >= 0.3 is 6.18 Å². The Morgan fingerprint density at radius 3 is 2.50 bits per heavy atom. The molecule has 0 spiro atoms. The van der Waals surface area contributed by atoms with Crippen LogP contribution in [0.1, 0.15) is 5.69 Å². The van der Waals surface area contributed by atoms with E-state index in [2.05, 4.69) is 15.1 Å². The van der Waals surface area contributed by atoms with Crippen molar-refractivity contribution in [2.24, 2.45) is 0 Å². The number of hydrogen-bond donors (Lipinski definition) is 1. The highest BCUT2D eigenvalue weighted by Gasteiger charge is 2.32. The number of aromatic nitrogens is 4. The van der Waals surface area contributed by atoms with E-state index in [1.54, 1.807) is 12.1 Å². The third-order valence-electron chi connectivity index (χ3n) is 2.73. The second-order valence-corrected chi connectivity index (χ2v) is 4.10. The summed E-state index contributed by atoms with van der Waals surface area (Å²) in [5.41, 5.74) is 5.87. The van der Waals surface area contributed by atoms with Crippen molar-refractivity contribution in [1.29, 1.82) is 0 Å². The zero-order valence-electron chi connectivity index (χ0n) is 9.96. The Morgan fingerprint density at radius 2 is 1.80 bits per heavy atom. The summed E-state index contributed by atoms with van der Waals surface area (Å²) >= 11 is 0. The minimum Gasteiger partial charge on any atom is -0.384 e. The zero-order valence-corrected chi connectivity index (χ0v) is 9.96. The summed E-state index contributed by atoms with van der Waals surface area (Å²) in [6.45, 7) is 0. The molecule has 0 radical (unpaired) electrons. The van der Waals surface area contributed by atoms with Gasteiger partial charge in [0.25, 0.3) is 0 Å². The van der Waals surface area contributed by atoms with Gasteiger partial charge in [0.2, 0.25) is 0 Å². The van der Waals surface area contributed by atoms with Gasteiger partial charge in [-0.3, -0.25) is 4.98 Å². The summed E-state index contributed by atoms with van der Waals surface area (Å²) < 4.78 is 39.3. The Bertz CT molecular complexity index is 778. The van der Waals surface area contributed by atoms with Crippen LogP contribution in [-0.4, -0.2) is 19.6 Å². The average Bonchev–Trinajstić information content (AvgIpc) is 2.83. The van der Waals surface area contributed by atoms with Crippen molar-refractivity contribution in [3.05, 3.63) is 42.4 Å². The molecule has 3 aromatic rings. The first-order valence-electron chi connectivity index (χ1n) is 5.59. The predicted molar refractivity (Wildman–Crippen MR) is 65.6 cm³/mol. The van der Waals surface area contributed by atoms with Crippen molar-refractivity contribution in [2.75, 3.05) is 5.73 Å². The Balaban J connectivity index is 2.14. The van der Waals surface area contributed by atoms with Gasteiger partial charge in [0.05, 0.1) is 5.69 Å². The molecule has 3 aromatic heterocycles. The molecule has 0 bridgehead atoms. The van der Waals surface area contributed by atoms with Crippen molar-refractivity contribution in [3.63, 3.8) is 0 Å². The first kappa shape index (κ1) is 12.4. The maximum Gasteiger partial charge on any atom is 0.433 e. The lowest BCUT2D eigenvalue weighted by atomic mass is 10.1. The van der Waals surface area contributed by atoms with Crippen LogP contribution in [0.5, 0.6) is 0 Å². The fourth-order valence-electron chi connectivity index (χ4n) is 1.80. The molecule has 0 fully saturated rings. The summed E-state index contributed by atoms with van der Waals surface area (Å²) in [5, 5.41) is 4.14. The molecule has 8 heteroatoms. The predicted octanol–water partition coefficient (Wildman–Crippen LogP) is 2.39. The summed E-state index contributed by atoms with van der Waals surface area (Å²) in [6, 6.07) is 5.51. The fraction of sp³-hybridized carbons (Fsp3) is 0.0833. The van der Waals surface area contributed by atoms with E-state index in [1.165, 1.54) is 16.8 Å². The first-order chi connectivity index (χ1) is 9.45. The molecule has 0 atom stereocenters. The minimum atomic E-state index is -4.49. The third-order valence-corrected chi connectivity index (χ3v) is 2.73. The fourth-order valence-corrected chi connectivity index (χ4v) is 1.80. The molecule has 102 valence electrons. The molecular weight excluding hydrogens is 271 g/mol. The smallest absolute Gasteiger partial charge is 0.384 e. The van der Waals surface area contributed by atoms with Gasteiger partial charge < -0.3 is 5.73 Å². The number of nitrogens with two attached hydrogens (primary N) is 1. The molecule has 2 N–H and O–H groups in total. The van der Waals surface area contributed by atoms with Crippen LogP contribution in [0.2, 0.25) is 0 Å². The standard InChI is InChI=1S/C12H8F3N5/c13-12(14,15)9-5-7(1-3-17-9)8-6-11-18-4-2-10(16)20(11)19-8/h1-6H,16H2. The van der Waals surface area contributed by atoms with E-state index < -0.39 is 11.9 Å². The second kappa shape index (κ2) is 4.19. The first-order valence-corrected chi connectivity index (χ1v) is 5.59. The number of halogens is 3. The van der Waals surface area contributed by atoms with Gasteiger partial charge in [0.15, 0.2) is 5.65 Å². The lowest BCUT2D eigenvalue weighted by molar-refractivity contribution is -0.141. The summed E-state index contributed by atoms with van der Waals surface area (Å²) in [5.74, 6) is 0.353. The SMILES string of the molecule is Nc1ccnc2cc(-c3ccnc(C(F)(F)F)c3)nn12. The monoisotopic (exact) mass is 279 g/mol. The Labute approximate surface area is 110 Å². The van der Waals surface area contributed by atoms with Crippen molar-refractivity contribution in [2.45, 2.75) is 6.18 Å². The minimum absolute atomic E-state index is 0.303. The molecule has 20 heavy (non-hydrogen) atoms. The zero-order chi connectivity index (χ0) is 14.3. The highest BCUT2D eigenvalue weighted by Crippen LogP contribution is 2.30. The number of fused-ring (bicyclic) bond motifs is 1. The van der Waals surface area contributed by atoms with Gasteiger partial charge in [-0.1, -0.05) is 0 Å². The molecule has 3 rings (SSSR count). The normalized spacial score (nSPS) is 11.9. The van der Waals surface area contributed by atoms with Crippen LogP contribution < -0.4 is 5.73 Å². The van der Waals surface area contributed by atoms with Gasteiger partial charge in [0, 0.05) is 24.0 Å². The van der Waals surface area contributed by atoms with Gasteiger partial charge in [-0.2, -0.15) is 22.8 Å². The molecule has 0 aliphatic rings. The van der Waals surface area contributed by atoms with E-state index in [-0.39, 0.29) is 0 Å². The van der Waals surface area contributed by atoms with Crippen LogP contribution in [-0.2, 0) is 6.18 Å². The quantitative estimate of drug-likeness (QED) is 0.742. The Kier molecular flexibility index (Phi) is 2.60. The maximum atomic E-state index is 12.6. The molecule has 0 aromatic carbocycles. The molecule has 5 nitrogen and oxygen atoms in total. The summed E-state index contributed by atoms with van der Waals surface area (Å²) in [7, 11) is 0. The number of nitrogen functional groups attached to an aromatic ring is 1. The van der Waals surface area contributed by atoms with E-state index in [9.17, 15) is 13.2 Å². The molecule has 0 aliphatic carbocycles. The van der Waals surface area contributed by atoms with Crippen molar-refractivity contribution < 1.29 is 13.2 Å². The van der Waals surface area contributed by atoms with Crippen molar-refractivity contribution in [3.8, 4) is 11.3 Å². The molecule has 3 heterocycles. The molecule has 0 amide bonds. The van der Waals surface area contributed by atoms with Crippen LogP contribution in [0.4, 0.5) is 19.0 Å². The molecule has 0 saturated carbocycles. The van der Waals surface area contributed by atoms with E-state index in [0.29, 0.717) is 22.7 Å². The van der Waals surface area contributed by atoms with Crippen LogP contribution in [0.3, 0.4) is 0 Å². The number of alkyl halides is 3. The molecule has 0 aliphatic heterocycles. The Hall–Kier alpha value is -2.64. The lowest BCUT2D eigenvalue weighted by Crippen LogP contribution is -2.07. The number of hydrogen-bond acceptors (Lipinski definition) is 4. The molecular formula is C12H8F3N5. The van der Waals surface area contributed by atoms with Crippen molar-refractivity contribution in [1.82, 2.24) is 19.6 Å². The van der Waals surface area contributed by atoms with Crippen LogP contribution in [0, 0.1) is 0 Å². The van der Waals surface area contributed by atoms with E-state index in [1.807, 2.05) is 0 Å². The molecule has 0 unspecified atom stereocenters. The molecule has 0 saturated heterocycles. The number of nitrogens with zero attached hydrogens (tertiary/aromatic N) is 4. The van der Waals surface area contributed by atoms with Gasteiger partial charge in [-0.25, -0.2) is 4.98 Å². The second-order valence-electron chi connectivity index (χ2n) is 4.10. The number of anilines is 1. The topological polar surface area (TPSA) is 69.1 Å². The van der Waals surface area contributed by atoms with Crippen LogP contribution >= 0.6 is 0 Å². The Morgan fingerprint density at radius 1 is 1.05 bits per heavy atom. The van der Waals surface area contributed by atoms with E-state index in [4.69, 9.17) is 5.73 Å². The van der Waals surface area contributed by atoms with Crippen LogP contribution in [0.25, 0.3) is 16.9 Å². The lowest BCUT2D eigenvalue weighted by Gasteiger charge is -2.05. The van der Waals surface area contributed by atoms with Crippen molar-refractivity contribution >= 4 is 11.5 Å². The average molecular weight is 279 g/mol. The summed E-state index contributed by atoms with van der Waals surface area (Å²) in [4.78, 5) is 7.35. The third kappa shape index (κ3) is 2.04. The van der Waals surface area contributed by atoms with Gasteiger partial charge in [-0.15, -0.1) is 0 Å². The summed E-state index contributed by atoms with van der Waals surface area (Å²) in [6.07, 6.45) is -1.89. The van der Waals surface area contributed by atoms with Crippen LogP contribution in [0.15, 0.2) is 36.7 Å². The van der Waals surface area contributed by atoms with Gasteiger partial charge in [0.1, 0.15) is 11.5 Å².